The zero-order valence-electron chi connectivity index (χ0n) is 18.6. The molecule has 2 heterocycles. The Morgan fingerprint density at radius 3 is 2.44 bits per heavy atom. The fourth-order valence-electron chi connectivity index (χ4n) is 3.34. The lowest BCUT2D eigenvalue weighted by Gasteiger charge is -2.12. The SMILES string of the molecule is CCOC(=O)c1c(C)[nH]c(C(=O)C(C)OC(=O)c2nn(-c3ccccc3)cc2OC)c1C. The lowest BCUT2D eigenvalue weighted by Crippen LogP contribution is -2.26. The zero-order chi connectivity index (χ0) is 23.4. The van der Waals surface area contributed by atoms with Gasteiger partial charge in [0.15, 0.2) is 11.9 Å². The molecule has 1 unspecified atom stereocenters. The van der Waals surface area contributed by atoms with Gasteiger partial charge in [-0.05, 0) is 45.4 Å². The van der Waals surface area contributed by atoms with Crippen molar-refractivity contribution < 1.29 is 28.6 Å². The summed E-state index contributed by atoms with van der Waals surface area (Å²) in [5, 5.41) is 4.25. The molecule has 0 spiro atoms. The molecule has 0 fully saturated rings. The summed E-state index contributed by atoms with van der Waals surface area (Å²) in [5.74, 6) is -1.58. The van der Waals surface area contributed by atoms with Gasteiger partial charge in [-0.3, -0.25) is 4.79 Å². The molecule has 2 aromatic heterocycles. The normalized spacial score (nSPS) is 11.7. The molecular formula is C23H25N3O6. The first kappa shape index (κ1) is 22.8. The number of aromatic nitrogens is 3. The van der Waals surface area contributed by atoms with Crippen LogP contribution in [0.25, 0.3) is 5.69 Å². The minimum absolute atomic E-state index is 0.0531. The summed E-state index contributed by atoms with van der Waals surface area (Å²) in [6.45, 7) is 6.70. The summed E-state index contributed by atoms with van der Waals surface area (Å²) in [7, 11) is 1.42. The highest BCUT2D eigenvalue weighted by Crippen LogP contribution is 2.23. The molecule has 9 heteroatoms. The standard InChI is InChI=1S/C23H25N3O6/c1-6-31-22(28)18-13(2)19(24-14(18)3)21(27)15(4)32-23(29)20-17(30-5)12-26(25-20)16-10-8-7-9-11-16/h7-12,15,24H,6H2,1-5H3. The van der Waals surface area contributed by atoms with E-state index in [2.05, 4.69) is 10.1 Å². The second kappa shape index (κ2) is 9.51. The molecule has 3 aromatic rings. The van der Waals surface area contributed by atoms with E-state index in [1.807, 2.05) is 30.3 Å². The van der Waals surface area contributed by atoms with Gasteiger partial charge in [0.2, 0.25) is 11.5 Å². The molecule has 0 aliphatic heterocycles. The lowest BCUT2D eigenvalue weighted by molar-refractivity contribution is 0.0307. The molecule has 0 aliphatic rings. The minimum atomic E-state index is -1.12. The number of hydrogen-bond donors (Lipinski definition) is 1. The number of para-hydroxylation sites is 1. The average molecular weight is 439 g/mol. The van der Waals surface area contributed by atoms with E-state index in [9.17, 15) is 14.4 Å². The summed E-state index contributed by atoms with van der Waals surface area (Å²) < 4.78 is 17.2. The Hall–Kier alpha value is -3.88. The third-order valence-electron chi connectivity index (χ3n) is 4.93. The number of ketones is 1. The number of methoxy groups -OCH3 is 1. The molecule has 0 bridgehead atoms. The van der Waals surface area contributed by atoms with E-state index < -0.39 is 23.8 Å². The van der Waals surface area contributed by atoms with Gasteiger partial charge in [0.05, 0.1) is 36.9 Å². The predicted molar refractivity (Wildman–Crippen MR) is 116 cm³/mol. The van der Waals surface area contributed by atoms with Crippen LogP contribution in [0.15, 0.2) is 36.5 Å². The highest BCUT2D eigenvalue weighted by molar-refractivity contribution is 6.04. The number of carbonyl (C=O) groups is 3. The Labute approximate surface area is 185 Å². The molecule has 3 rings (SSSR count). The van der Waals surface area contributed by atoms with Crippen molar-refractivity contribution >= 4 is 17.7 Å². The lowest BCUT2D eigenvalue weighted by atomic mass is 10.1. The molecule has 168 valence electrons. The molecular weight excluding hydrogens is 414 g/mol. The van der Waals surface area contributed by atoms with Crippen molar-refractivity contribution in [3.63, 3.8) is 0 Å². The number of H-pyrrole nitrogens is 1. The van der Waals surface area contributed by atoms with Gasteiger partial charge in [-0.2, -0.15) is 5.10 Å². The van der Waals surface area contributed by atoms with Gasteiger partial charge >= 0.3 is 11.9 Å². The fourth-order valence-corrected chi connectivity index (χ4v) is 3.34. The van der Waals surface area contributed by atoms with Crippen molar-refractivity contribution in [1.82, 2.24) is 14.8 Å². The molecule has 1 atom stereocenters. The second-order valence-corrected chi connectivity index (χ2v) is 7.08. The van der Waals surface area contributed by atoms with Gasteiger partial charge in [-0.15, -0.1) is 0 Å². The van der Waals surface area contributed by atoms with E-state index in [0.29, 0.717) is 16.8 Å². The third kappa shape index (κ3) is 4.41. The number of rotatable bonds is 8. The van der Waals surface area contributed by atoms with Gasteiger partial charge < -0.3 is 19.2 Å². The van der Waals surface area contributed by atoms with Crippen LogP contribution in [-0.4, -0.2) is 52.3 Å². The summed E-state index contributed by atoms with van der Waals surface area (Å²) in [6, 6.07) is 9.20. The minimum Gasteiger partial charge on any atom is -0.493 e. The van der Waals surface area contributed by atoms with Crippen LogP contribution in [0.2, 0.25) is 0 Å². The maximum absolute atomic E-state index is 12.9. The van der Waals surface area contributed by atoms with E-state index in [1.165, 1.54) is 18.7 Å². The quantitative estimate of drug-likeness (QED) is 0.423. The molecule has 0 radical (unpaired) electrons. The largest absolute Gasteiger partial charge is 0.493 e. The highest BCUT2D eigenvalue weighted by atomic mass is 16.6. The number of nitrogens with one attached hydrogen (secondary N) is 1. The second-order valence-electron chi connectivity index (χ2n) is 7.08. The van der Waals surface area contributed by atoms with E-state index in [4.69, 9.17) is 14.2 Å². The van der Waals surface area contributed by atoms with Crippen LogP contribution in [-0.2, 0) is 9.47 Å². The zero-order valence-corrected chi connectivity index (χ0v) is 18.6. The molecule has 0 saturated heterocycles. The van der Waals surface area contributed by atoms with E-state index in [1.54, 1.807) is 27.0 Å². The smallest absolute Gasteiger partial charge is 0.363 e. The summed E-state index contributed by atoms with van der Waals surface area (Å²) in [6.07, 6.45) is 0.434. The highest BCUT2D eigenvalue weighted by Gasteiger charge is 2.29. The van der Waals surface area contributed by atoms with Crippen molar-refractivity contribution in [2.75, 3.05) is 13.7 Å². The molecule has 32 heavy (non-hydrogen) atoms. The number of aryl methyl sites for hydroxylation is 1. The first-order valence-corrected chi connectivity index (χ1v) is 10.1. The van der Waals surface area contributed by atoms with Crippen LogP contribution in [0.5, 0.6) is 5.75 Å². The van der Waals surface area contributed by atoms with Gasteiger partial charge in [0.25, 0.3) is 0 Å². The predicted octanol–water partition coefficient (Wildman–Crippen LogP) is 3.43. The molecule has 1 aromatic carbocycles. The maximum atomic E-state index is 12.9. The number of nitrogens with zero attached hydrogens (tertiary/aromatic N) is 2. The fraction of sp³-hybridized carbons (Fsp3) is 0.304. The number of ether oxygens (including phenoxy) is 3. The first-order chi connectivity index (χ1) is 15.3. The first-order valence-electron chi connectivity index (χ1n) is 10.1. The van der Waals surface area contributed by atoms with Crippen molar-refractivity contribution in [3.8, 4) is 11.4 Å². The van der Waals surface area contributed by atoms with Crippen LogP contribution >= 0.6 is 0 Å². The Bertz CT molecular complexity index is 1150. The number of hydrogen-bond acceptors (Lipinski definition) is 7. The van der Waals surface area contributed by atoms with Crippen molar-refractivity contribution in [2.24, 2.45) is 0 Å². The van der Waals surface area contributed by atoms with Gasteiger partial charge in [-0.25, -0.2) is 14.3 Å². The number of esters is 2. The maximum Gasteiger partial charge on any atom is 0.363 e. The monoisotopic (exact) mass is 439 g/mol. The summed E-state index contributed by atoms with van der Waals surface area (Å²) >= 11 is 0. The number of aromatic amines is 1. The van der Waals surface area contributed by atoms with Crippen LogP contribution in [0.3, 0.4) is 0 Å². The molecule has 0 aliphatic carbocycles. The van der Waals surface area contributed by atoms with Gasteiger partial charge in [0, 0.05) is 5.69 Å². The van der Waals surface area contributed by atoms with Crippen molar-refractivity contribution in [1.29, 1.82) is 0 Å². The van der Waals surface area contributed by atoms with E-state index in [-0.39, 0.29) is 23.7 Å². The van der Waals surface area contributed by atoms with E-state index in [0.717, 1.165) is 5.69 Å². The van der Waals surface area contributed by atoms with Crippen molar-refractivity contribution in [2.45, 2.75) is 33.8 Å². The Kier molecular flexibility index (Phi) is 6.77. The van der Waals surface area contributed by atoms with Gasteiger partial charge in [-0.1, -0.05) is 18.2 Å². The third-order valence-corrected chi connectivity index (χ3v) is 4.93. The summed E-state index contributed by atoms with van der Waals surface area (Å²) in [5.41, 5.74) is 2.12. The Morgan fingerprint density at radius 2 is 1.81 bits per heavy atom. The Balaban J connectivity index is 1.81. The van der Waals surface area contributed by atoms with Crippen LogP contribution < -0.4 is 4.74 Å². The molecule has 9 nitrogen and oxygen atoms in total. The summed E-state index contributed by atoms with van der Waals surface area (Å²) in [4.78, 5) is 40.8. The number of Topliss-reactive ketones (excluding diaryl/α,β-unsaturated/α-hetero) is 1. The van der Waals surface area contributed by atoms with Crippen LogP contribution in [0.4, 0.5) is 0 Å². The van der Waals surface area contributed by atoms with Crippen molar-refractivity contribution in [3.05, 3.63) is 64.7 Å². The molecule has 1 N–H and O–H groups in total. The number of carbonyl (C=O) groups excluding carboxylic acids is 3. The average Bonchev–Trinajstić information content (AvgIpc) is 3.34. The van der Waals surface area contributed by atoms with Crippen LogP contribution in [0.1, 0.15) is 56.4 Å². The molecule has 0 amide bonds. The Morgan fingerprint density at radius 1 is 1.12 bits per heavy atom. The van der Waals surface area contributed by atoms with E-state index >= 15 is 0 Å². The topological polar surface area (TPSA) is 113 Å². The number of benzene rings is 1. The van der Waals surface area contributed by atoms with Gasteiger partial charge in [0.1, 0.15) is 0 Å². The molecule has 0 saturated carbocycles. The van der Waals surface area contributed by atoms with Crippen LogP contribution in [0, 0.1) is 13.8 Å².